The van der Waals surface area contributed by atoms with Crippen molar-refractivity contribution in [2.24, 2.45) is 0 Å². The molecule has 4 aromatic rings. The highest BCUT2D eigenvalue weighted by Gasteiger charge is 2.30. The van der Waals surface area contributed by atoms with Gasteiger partial charge in [-0.1, -0.05) is 36.4 Å². The Hall–Kier alpha value is -4.41. The lowest BCUT2D eigenvalue weighted by atomic mass is 10.0. The first-order chi connectivity index (χ1) is 21.0. The minimum atomic E-state index is -4.37. The summed E-state index contributed by atoms with van der Waals surface area (Å²) in [6.45, 7) is 0. The molecule has 2 aromatic carbocycles. The molecule has 0 atom stereocenters. The molecule has 0 N–H and O–H groups in total. The third-order valence-corrected chi connectivity index (χ3v) is 6.95. The number of carbonyl (C=O) groups is 1. The average molecular weight is 617 g/mol. The van der Waals surface area contributed by atoms with Gasteiger partial charge in [0.1, 0.15) is 0 Å². The van der Waals surface area contributed by atoms with E-state index in [1.807, 2.05) is 0 Å². The van der Waals surface area contributed by atoms with Gasteiger partial charge in [-0.05, 0) is 98.9 Å². The summed E-state index contributed by atoms with van der Waals surface area (Å²) in [4.78, 5) is 20.9. The van der Waals surface area contributed by atoms with Crippen LogP contribution in [0.25, 0.3) is 0 Å². The molecule has 5 nitrogen and oxygen atoms in total. The van der Waals surface area contributed by atoms with Gasteiger partial charge in [-0.25, -0.2) is 14.8 Å². The predicted octanol–water partition coefficient (Wildman–Crippen LogP) is 9.22. The summed E-state index contributed by atoms with van der Waals surface area (Å²) < 4.78 is 87.3. The first-order valence-electron chi connectivity index (χ1n) is 14.1. The summed E-state index contributed by atoms with van der Waals surface area (Å²) in [7, 11) is 0. The maximum Gasteiger partial charge on any atom is 0.522 e. The lowest BCUT2D eigenvalue weighted by molar-refractivity contribution is -0.138. The number of hydrogen-bond donors (Lipinski definition) is 0. The number of pyridine rings is 2. The Bertz CT molecular complexity index is 1390. The molecule has 0 spiro atoms. The standard InChI is InChI=1S/C33H30F6N2O3/c34-32(35,36)27-17-13-23(14-18-27)7-1-3-9-25-11-5-21-40-29(25)43-31(42)44-30-26(12-6-22-41-30)10-4-2-8-24-15-19-28(20-16-24)33(37,38)39/h5-6,11-22H,1-4,7-10H2. The molecule has 0 unspecified atom stereocenters. The fraction of sp³-hybridized carbons (Fsp3) is 0.303. The fourth-order valence-electron chi connectivity index (χ4n) is 4.60. The Balaban J connectivity index is 1.24. The summed E-state index contributed by atoms with van der Waals surface area (Å²) >= 11 is 0. The van der Waals surface area contributed by atoms with Crippen molar-refractivity contribution in [1.29, 1.82) is 0 Å². The molecule has 44 heavy (non-hydrogen) atoms. The zero-order chi connectivity index (χ0) is 31.6. The van der Waals surface area contributed by atoms with Crippen LogP contribution in [0.2, 0.25) is 0 Å². The summed E-state index contributed by atoms with van der Waals surface area (Å²) in [5.74, 6) is 0.196. The molecule has 11 heteroatoms. The predicted molar refractivity (Wildman–Crippen MR) is 151 cm³/mol. The van der Waals surface area contributed by atoms with E-state index in [9.17, 15) is 31.1 Å². The van der Waals surface area contributed by atoms with Crippen LogP contribution in [-0.4, -0.2) is 16.1 Å². The van der Waals surface area contributed by atoms with E-state index in [1.54, 1.807) is 24.3 Å². The van der Waals surface area contributed by atoms with E-state index in [-0.39, 0.29) is 11.8 Å². The molecule has 2 heterocycles. The van der Waals surface area contributed by atoms with Crippen LogP contribution < -0.4 is 9.47 Å². The van der Waals surface area contributed by atoms with E-state index in [0.717, 1.165) is 35.4 Å². The van der Waals surface area contributed by atoms with Crippen molar-refractivity contribution < 1.29 is 40.6 Å². The van der Waals surface area contributed by atoms with Crippen LogP contribution in [-0.2, 0) is 38.0 Å². The second kappa shape index (κ2) is 14.9. The van der Waals surface area contributed by atoms with Gasteiger partial charge in [0.05, 0.1) is 11.1 Å². The minimum absolute atomic E-state index is 0.0982. The number of nitrogens with zero attached hydrogens (tertiary/aromatic N) is 2. The Labute approximate surface area is 250 Å². The number of carbonyl (C=O) groups excluding carboxylic acids is 1. The smallest absolute Gasteiger partial charge is 0.375 e. The molecule has 0 radical (unpaired) electrons. The third kappa shape index (κ3) is 9.82. The van der Waals surface area contributed by atoms with E-state index in [2.05, 4.69) is 9.97 Å². The molecule has 0 aliphatic heterocycles. The molecule has 0 saturated carbocycles. The summed E-state index contributed by atoms with van der Waals surface area (Å²) in [5.41, 5.74) is 1.60. The number of rotatable bonds is 12. The first kappa shape index (κ1) is 32.5. The number of halogens is 6. The Morgan fingerprint density at radius 1 is 0.545 bits per heavy atom. The zero-order valence-electron chi connectivity index (χ0n) is 23.6. The molecule has 2 aromatic heterocycles. The van der Waals surface area contributed by atoms with Gasteiger partial charge in [0, 0.05) is 23.5 Å². The summed E-state index contributed by atoms with van der Waals surface area (Å²) in [6, 6.07) is 17.2. The van der Waals surface area contributed by atoms with E-state index >= 15 is 0 Å². The van der Waals surface area contributed by atoms with Crippen molar-refractivity contribution >= 4 is 6.16 Å². The second-order valence-corrected chi connectivity index (χ2v) is 10.2. The van der Waals surface area contributed by atoms with Crippen LogP contribution in [0.15, 0.2) is 85.2 Å². The van der Waals surface area contributed by atoms with Crippen molar-refractivity contribution in [3.63, 3.8) is 0 Å². The van der Waals surface area contributed by atoms with Gasteiger partial charge in [-0.15, -0.1) is 0 Å². The van der Waals surface area contributed by atoms with Gasteiger partial charge in [0.25, 0.3) is 0 Å². The van der Waals surface area contributed by atoms with E-state index in [1.165, 1.54) is 36.7 Å². The van der Waals surface area contributed by atoms with Gasteiger partial charge < -0.3 is 9.47 Å². The minimum Gasteiger partial charge on any atom is -0.375 e. The Morgan fingerprint density at radius 2 is 0.909 bits per heavy atom. The molecule has 0 saturated heterocycles. The molecule has 0 fully saturated rings. The third-order valence-electron chi connectivity index (χ3n) is 6.95. The normalized spacial score (nSPS) is 11.8. The van der Waals surface area contributed by atoms with Gasteiger partial charge in [0.2, 0.25) is 11.8 Å². The van der Waals surface area contributed by atoms with Crippen molar-refractivity contribution in [1.82, 2.24) is 9.97 Å². The van der Waals surface area contributed by atoms with Crippen LogP contribution in [0.3, 0.4) is 0 Å². The molecule has 0 aliphatic rings. The molecule has 232 valence electrons. The zero-order valence-corrected chi connectivity index (χ0v) is 23.6. The van der Waals surface area contributed by atoms with Gasteiger partial charge >= 0.3 is 18.5 Å². The highest BCUT2D eigenvalue weighted by Crippen LogP contribution is 2.30. The average Bonchev–Trinajstić information content (AvgIpc) is 2.98. The van der Waals surface area contributed by atoms with Gasteiger partial charge in [-0.3, -0.25) is 0 Å². The van der Waals surface area contributed by atoms with Crippen LogP contribution >= 0.6 is 0 Å². The number of unbranched alkanes of at least 4 members (excludes halogenated alkanes) is 2. The molecule has 0 aliphatic carbocycles. The highest BCUT2D eigenvalue weighted by molar-refractivity contribution is 5.66. The van der Waals surface area contributed by atoms with Crippen LogP contribution in [0, 0.1) is 0 Å². The van der Waals surface area contributed by atoms with Crippen molar-refractivity contribution in [3.8, 4) is 11.8 Å². The number of aromatic nitrogens is 2. The highest BCUT2D eigenvalue weighted by atomic mass is 19.4. The van der Waals surface area contributed by atoms with Crippen molar-refractivity contribution in [2.75, 3.05) is 0 Å². The largest absolute Gasteiger partial charge is 0.522 e. The number of ether oxygens (including phenoxy) is 2. The Morgan fingerprint density at radius 3 is 1.27 bits per heavy atom. The SMILES string of the molecule is O=C(Oc1ncccc1CCCCc1ccc(C(F)(F)F)cc1)Oc1ncccc1CCCCc1ccc(C(F)(F)F)cc1. The summed E-state index contributed by atoms with van der Waals surface area (Å²) in [5, 5.41) is 0. The first-order valence-corrected chi connectivity index (χ1v) is 14.1. The topological polar surface area (TPSA) is 61.3 Å². The molecular formula is C33H30F6N2O3. The fourth-order valence-corrected chi connectivity index (χ4v) is 4.60. The maximum atomic E-state index is 12.8. The van der Waals surface area contributed by atoms with Crippen LogP contribution in [0.5, 0.6) is 11.8 Å². The number of benzene rings is 2. The maximum absolute atomic E-state index is 12.8. The monoisotopic (exact) mass is 616 g/mol. The lowest BCUT2D eigenvalue weighted by Crippen LogP contribution is -2.17. The number of alkyl halides is 6. The van der Waals surface area contributed by atoms with Crippen LogP contribution in [0.1, 0.15) is 59.1 Å². The van der Waals surface area contributed by atoms with Crippen molar-refractivity contribution in [2.45, 2.75) is 63.7 Å². The number of hydrogen-bond acceptors (Lipinski definition) is 5. The van der Waals surface area contributed by atoms with E-state index in [4.69, 9.17) is 9.47 Å². The molecule has 0 bridgehead atoms. The quantitative estimate of drug-likeness (QED) is 0.0902. The molecular weight excluding hydrogens is 586 g/mol. The van der Waals surface area contributed by atoms with E-state index in [0.29, 0.717) is 62.5 Å². The second-order valence-electron chi connectivity index (χ2n) is 10.2. The molecule has 4 rings (SSSR count). The van der Waals surface area contributed by atoms with Crippen molar-refractivity contribution in [3.05, 3.63) is 119 Å². The van der Waals surface area contributed by atoms with Gasteiger partial charge in [0.15, 0.2) is 0 Å². The summed E-state index contributed by atoms with van der Waals surface area (Å²) in [6.07, 6.45) is -1.70. The van der Waals surface area contributed by atoms with Gasteiger partial charge in [-0.2, -0.15) is 26.3 Å². The Kier molecular flexibility index (Phi) is 11.0. The lowest BCUT2D eigenvalue weighted by Gasteiger charge is -2.11. The van der Waals surface area contributed by atoms with Crippen LogP contribution in [0.4, 0.5) is 31.1 Å². The van der Waals surface area contributed by atoms with E-state index < -0.39 is 29.6 Å². The number of aryl methyl sites for hydroxylation is 4. The molecule has 0 amide bonds.